The lowest BCUT2D eigenvalue weighted by molar-refractivity contribution is -0.0784. The number of hydrogen-bond donors (Lipinski definition) is 1. The number of hydrogen-bond acceptors (Lipinski definition) is 3. The topological polar surface area (TPSA) is 47.6 Å². The van der Waals surface area contributed by atoms with Crippen LogP contribution in [0.15, 0.2) is 24.3 Å². The third-order valence-corrected chi connectivity index (χ3v) is 6.57. The molecule has 1 aliphatic heterocycles. The van der Waals surface area contributed by atoms with E-state index in [4.69, 9.17) is 9.47 Å². The van der Waals surface area contributed by atoms with E-state index in [-0.39, 0.29) is 11.9 Å². The van der Waals surface area contributed by atoms with Crippen molar-refractivity contribution in [3.05, 3.63) is 29.8 Å². The third kappa shape index (κ3) is 3.36. The van der Waals surface area contributed by atoms with Crippen molar-refractivity contribution in [1.82, 2.24) is 5.32 Å². The summed E-state index contributed by atoms with van der Waals surface area (Å²) in [5, 5.41) is 3.36. The minimum absolute atomic E-state index is 0.00967. The maximum atomic E-state index is 13.0. The highest BCUT2D eigenvalue weighted by Crippen LogP contribution is 2.51. The summed E-state index contributed by atoms with van der Waals surface area (Å²) in [5.74, 6) is 2.43. The molecule has 4 atom stereocenters. The van der Waals surface area contributed by atoms with Gasteiger partial charge in [0.25, 0.3) is 5.91 Å². The molecule has 1 saturated heterocycles. The standard InChI is InChI=1S/C22H31NO3/c1-2-3-13-25-18-11-7-6-10-16(18)22(24)23-20-17-12-14-26-21(17)19(20)15-8-4-5-9-15/h6-7,10-11,15,17,19-21H,2-5,8-9,12-14H2,1H3,(H,23,24)/t17-,19+,20-,21-/m1/s1. The molecule has 1 aromatic rings. The first kappa shape index (κ1) is 17.8. The quantitative estimate of drug-likeness (QED) is 0.745. The molecule has 2 saturated carbocycles. The van der Waals surface area contributed by atoms with Crippen LogP contribution in [0.25, 0.3) is 0 Å². The molecule has 0 radical (unpaired) electrons. The summed E-state index contributed by atoms with van der Waals surface area (Å²) >= 11 is 0. The first-order valence-corrected chi connectivity index (χ1v) is 10.4. The van der Waals surface area contributed by atoms with Crippen LogP contribution in [0.4, 0.5) is 0 Å². The number of carbonyl (C=O) groups excluding carboxylic acids is 1. The van der Waals surface area contributed by atoms with Crippen molar-refractivity contribution >= 4 is 5.91 Å². The molecule has 1 heterocycles. The SMILES string of the molecule is CCCCOc1ccccc1C(=O)N[C@@H]1[C@H]2CCO[C@H]2[C@H]1C1CCCC1. The Kier molecular flexibility index (Phi) is 5.49. The van der Waals surface area contributed by atoms with Gasteiger partial charge >= 0.3 is 0 Å². The van der Waals surface area contributed by atoms with Crippen molar-refractivity contribution in [1.29, 1.82) is 0 Å². The number of benzene rings is 1. The van der Waals surface area contributed by atoms with E-state index in [0.29, 0.717) is 35.9 Å². The lowest BCUT2D eigenvalue weighted by Crippen LogP contribution is -2.63. The number of unbranched alkanes of at least 4 members (excludes halogenated alkanes) is 1. The van der Waals surface area contributed by atoms with Crippen LogP contribution in [0.1, 0.15) is 62.2 Å². The highest BCUT2D eigenvalue weighted by Gasteiger charge is 2.57. The first-order chi connectivity index (χ1) is 12.8. The number of para-hydroxylation sites is 1. The fourth-order valence-corrected chi connectivity index (χ4v) is 5.20. The molecular formula is C22H31NO3. The number of ether oxygens (including phenoxy) is 2. The molecule has 4 rings (SSSR count). The number of amides is 1. The molecule has 3 fully saturated rings. The Bertz CT molecular complexity index is 621. The molecule has 0 spiro atoms. The van der Waals surface area contributed by atoms with Crippen LogP contribution >= 0.6 is 0 Å². The molecule has 4 heteroatoms. The molecule has 1 amide bonds. The second kappa shape index (κ2) is 7.99. The predicted octanol–water partition coefficient (Wildman–Crippen LogP) is 4.19. The number of carbonyl (C=O) groups is 1. The van der Waals surface area contributed by atoms with Gasteiger partial charge in [0.15, 0.2) is 0 Å². The molecule has 0 aromatic heterocycles. The van der Waals surface area contributed by atoms with Gasteiger partial charge in [0.1, 0.15) is 5.75 Å². The van der Waals surface area contributed by atoms with Gasteiger partial charge in [-0.3, -0.25) is 4.79 Å². The zero-order chi connectivity index (χ0) is 17.9. The molecule has 26 heavy (non-hydrogen) atoms. The summed E-state index contributed by atoms with van der Waals surface area (Å²) in [4.78, 5) is 13.0. The van der Waals surface area contributed by atoms with Gasteiger partial charge in [-0.2, -0.15) is 0 Å². The molecular weight excluding hydrogens is 326 g/mol. The smallest absolute Gasteiger partial charge is 0.255 e. The van der Waals surface area contributed by atoms with Gasteiger partial charge in [-0.05, 0) is 30.9 Å². The minimum Gasteiger partial charge on any atom is -0.493 e. The zero-order valence-corrected chi connectivity index (χ0v) is 15.8. The normalized spacial score (nSPS) is 30.7. The van der Waals surface area contributed by atoms with Crippen molar-refractivity contribution in [3.8, 4) is 5.75 Å². The third-order valence-electron chi connectivity index (χ3n) is 6.57. The van der Waals surface area contributed by atoms with Gasteiger partial charge in [-0.25, -0.2) is 0 Å². The molecule has 0 unspecified atom stereocenters. The van der Waals surface area contributed by atoms with Gasteiger partial charge in [-0.15, -0.1) is 0 Å². The van der Waals surface area contributed by atoms with E-state index in [2.05, 4.69) is 12.2 Å². The molecule has 1 N–H and O–H groups in total. The van der Waals surface area contributed by atoms with Crippen LogP contribution in [0.5, 0.6) is 5.75 Å². The van der Waals surface area contributed by atoms with Crippen LogP contribution in [0, 0.1) is 17.8 Å². The predicted molar refractivity (Wildman–Crippen MR) is 101 cm³/mol. The summed E-state index contributed by atoms with van der Waals surface area (Å²) in [6, 6.07) is 7.90. The molecule has 0 bridgehead atoms. The van der Waals surface area contributed by atoms with Gasteiger partial charge < -0.3 is 14.8 Å². The second-order valence-electron chi connectivity index (χ2n) is 8.11. The van der Waals surface area contributed by atoms with Crippen LogP contribution in [0.3, 0.4) is 0 Å². The van der Waals surface area contributed by atoms with Crippen LogP contribution in [-0.2, 0) is 4.74 Å². The van der Waals surface area contributed by atoms with E-state index in [1.807, 2.05) is 24.3 Å². The average Bonchev–Trinajstić information content (AvgIpc) is 3.31. The Morgan fingerprint density at radius 3 is 2.85 bits per heavy atom. The van der Waals surface area contributed by atoms with E-state index in [1.165, 1.54) is 25.7 Å². The highest BCUT2D eigenvalue weighted by molar-refractivity contribution is 5.97. The van der Waals surface area contributed by atoms with Crippen molar-refractivity contribution in [2.75, 3.05) is 13.2 Å². The van der Waals surface area contributed by atoms with Gasteiger partial charge in [0, 0.05) is 24.5 Å². The monoisotopic (exact) mass is 357 g/mol. The maximum absolute atomic E-state index is 13.0. The fraction of sp³-hybridized carbons (Fsp3) is 0.682. The molecule has 2 aliphatic carbocycles. The Morgan fingerprint density at radius 2 is 2.04 bits per heavy atom. The zero-order valence-electron chi connectivity index (χ0n) is 15.8. The van der Waals surface area contributed by atoms with E-state index in [0.717, 1.165) is 31.8 Å². The number of fused-ring (bicyclic) bond motifs is 1. The van der Waals surface area contributed by atoms with Gasteiger partial charge in [0.05, 0.1) is 18.3 Å². The fourth-order valence-electron chi connectivity index (χ4n) is 5.20. The summed E-state index contributed by atoms with van der Waals surface area (Å²) in [5.41, 5.74) is 0.663. The molecule has 1 aromatic carbocycles. The maximum Gasteiger partial charge on any atom is 0.255 e. The Hall–Kier alpha value is -1.55. The van der Waals surface area contributed by atoms with Crippen molar-refractivity contribution in [2.24, 2.45) is 17.8 Å². The summed E-state index contributed by atoms with van der Waals surface area (Å²) in [7, 11) is 0. The molecule has 3 aliphatic rings. The lowest BCUT2D eigenvalue weighted by atomic mass is 9.61. The highest BCUT2D eigenvalue weighted by atomic mass is 16.5. The lowest BCUT2D eigenvalue weighted by Gasteiger charge is -2.50. The summed E-state index contributed by atoms with van der Waals surface area (Å²) in [6.07, 6.45) is 8.78. The molecule has 4 nitrogen and oxygen atoms in total. The Morgan fingerprint density at radius 1 is 1.23 bits per heavy atom. The van der Waals surface area contributed by atoms with Gasteiger partial charge in [-0.1, -0.05) is 51.2 Å². The van der Waals surface area contributed by atoms with E-state index < -0.39 is 0 Å². The molecule has 142 valence electrons. The van der Waals surface area contributed by atoms with Crippen molar-refractivity contribution < 1.29 is 14.3 Å². The number of nitrogens with one attached hydrogen (secondary N) is 1. The summed E-state index contributed by atoms with van der Waals surface area (Å²) in [6.45, 7) is 3.65. The summed E-state index contributed by atoms with van der Waals surface area (Å²) < 4.78 is 11.9. The Labute approximate surface area is 156 Å². The van der Waals surface area contributed by atoms with E-state index >= 15 is 0 Å². The van der Waals surface area contributed by atoms with E-state index in [1.54, 1.807) is 0 Å². The van der Waals surface area contributed by atoms with Crippen molar-refractivity contribution in [3.63, 3.8) is 0 Å². The van der Waals surface area contributed by atoms with E-state index in [9.17, 15) is 4.79 Å². The van der Waals surface area contributed by atoms with Gasteiger partial charge in [0.2, 0.25) is 0 Å². The van der Waals surface area contributed by atoms with Crippen LogP contribution in [-0.4, -0.2) is 31.3 Å². The second-order valence-corrected chi connectivity index (χ2v) is 8.11. The minimum atomic E-state index is 0.00967. The van der Waals surface area contributed by atoms with Crippen LogP contribution in [0.2, 0.25) is 0 Å². The van der Waals surface area contributed by atoms with Crippen molar-refractivity contribution in [2.45, 2.75) is 64.0 Å². The average molecular weight is 357 g/mol. The van der Waals surface area contributed by atoms with Crippen LogP contribution < -0.4 is 10.1 Å². The largest absolute Gasteiger partial charge is 0.493 e. The Balaban J connectivity index is 1.45. The number of rotatable bonds is 7. The first-order valence-electron chi connectivity index (χ1n) is 10.4.